The van der Waals surface area contributed by atoms with Crippen LogP contribution in [0, 0.1) is 12.3 Å². The predicted molar refractivity (Wildman–Crippen MR) is 92.6 cm³/mol. The highest BCUT2D eigenvalue weighted by Gasteiger charge is 2.40. The van der Waals surface area contributed by atoms with Gasteiger partial charge in [0.1, 0.15) is 5.82 Å². The van der Waals surface area contributed by atoms with E-state index in [-0.39, 0.29) is 0 Å². The fraction of sp³-hybridized carbons (Fsp3) is 0.778. The lowest BCUT2D eigenvalue weighted by atomic mass is 9.72. The number of hydrogen-bond acceptors (Lipinski definition) is 4. The molecule has 0 unspecified atom stereocenters. The molecule has 134 valence electrons. The number of aromatic amines is 1. The first-order chi connectivity index (χ1) is 11.6. The van der Waals surface area contributed by atoms with Crippen LogP contribution >= 0.6 is 0 Å². The molecule has 1 spiro atoms. The van der Waals surface area contributed by atoms with E-state index < -0.39 is 0 Å². The molecular formula is C18H30N4O2. The molecule has 2 aliphatic heterocycles. The smallest absolute Gasteiger partial charge is 0.222 e. The van der Waals surface area contributed by atoms with E-state index >= 15 is 0 Å². The van der Waals surface area contributed by atoms with Crippen LogP contribution in [0.2, 0.25) is 0 Å². The van der Waals surface area contributed by atoms with Crippen molar-refractivity contribution in [2.24, 2.45) is 5.41 Å². The lowest BCUT2D eigenvalue weighted by Crippen LogP contribution is -2.51. The molecule has 2 aliphatic rings. The zero-order chi connectivity index (χ0) is 17.0. The molecule has 0 radical (unpaired) electrons. The number of H-pyrrole nitrogens is 1. The molecule has 0 aromatic carbocycles. The number of nitrogens with one attached hydrogen (secondary N) is 1. The average molecular weight is 334 g/mol. The number of hydrogen-bond donors (Lipinski definition) is 1. The summed E-state index contributed by atoms with van der Waals surface area (Å²) in [6, 6.07) is 0. The number of aryl methyl sites for hydroxylation is 1. The van der Waals surface area contributed by atoms with E-state index in [0.29, 0.717) is 17.7 Å². The number of nitrogens with zero attached hydrogens (tertiary/aromatic N) is 3. The van der Waals surface area contributed by atoms with Gasteiger partial charge in [-0.25, -0.2) is 4.98 Å². The van der Waals surface area contributed by atoms with E-state index in [1.807, 2.05) is 13.1 Å². The summed E-state index contributed by atoms with van der Waals surface area (Å²) in [6.45, 7) is 7.64. The monoisotopic (exact) mass is 334 g/mol. The van der Waals surface area contributed by atoms with E-state index in [1.165, 1.54) is 12.8 Å². The number of aromatic nitrogens is 2. The Morgan fingerprint density at radius 1 is 1.33 bits per heavy atom. The molecule has 3 heterocycles. The number of ether oxygens (including phenoxy) is 1. The maximum atomic E-state index is 12.2. The van der Waals surface area contributed by atoms with Gasteiger partial charge in [0.25, 0.3) is 0 Å². The number of methoxy groups -OCH3 is 1. The van der Waals surface area contributed by atoms with Crippen LogP contribution < -0.4 is 0 Å². The predicted octanol–water partition coefficient (Wildman–Crippen LogP) is 1.96. The Balaban J connectivity index is 1.51. The van der Waals surface area contributed by atoms with E-state index in [0.717, 1.165) is 63.7 Å². The molecule has 1 N–H and O–H groups in total. The Hall–Kier alpha value is -1.40. The second-order valence-electron chi connectivity index (χ2n) is 7.45. The molecule has 2 fully saturated rings. The molecule has 0 aliphatic carbocycles. The van der Waals surface area contributed by atoms with Crippen molar-refractivity contribution < 1.29 is 9.53 Å². The van der Waals surface area contributed by atoms with E-state index in [4.69, 9.17) is 4.74 Å². The van der Waals surface area contributed by atoms with Crippen molar-refractivity contribution in [2.75, 3.05) is 39.9 Å². The summed E-state index contributed by atoms with van der Waals surface area (Å²) in [7, 11) is 1.72. The quantitative estimate of drug-likeness (QED) is 0.808. The van der Waals surface area contributed by atoms with Crippen LogP contribution in [0.15, 0.2) is 6.20 Å². The molecule has 6 nitrogen and oxygen atoms in total. The number of carbonyl (C=O) groups is 1. The highest BCUT2D eigenvalue weighted by molar-refractivity contribution is 5.77. The number of rotatable bonds is 6. The van der Waals surface area contributed by atoms with Gasteiger partial charge in [-0.15, -0.1) is 0 Å². The van der Waals surface area contributed by atoms with Gasteiger partial charge < -0.3 is 14.6 Å². The normalized spacial score (nSPS) is 21.6. The third kappa shape index (κ3) is 4.16. The number of carbonyl (C=O) groups excluding carboxylic acids is 1. The summed E-state index contributed by atoms with van der Waals surface area (Å²) in [4.78, 5) is 24.5. The summed E-state index contributed by atoms with van der Waals surface area (Å²) in [6.07, 6.45) is 6.96. The van der Waals surface area contributed by atoms with E-state index in [1.54, 1.807) is 7.11 Å². The lowest BCUT2D eigenvalue weighted by Gasteiger charge is -2.47. The number of imidazole rings is 1. The maximum Gasteiger partial charge on any atom is 0.222 e. The van der Waals surface area contributed by atoms with Crippen LogP contribution in [0.3, 0.4) is 0 Å². The first kappa shape index (κ1) is 17.4. The molecule has 0 saturated carbocycles. The van der Waals surface area contributed by atoms with Crippen LogP contribution in [0.25, 0.3) is 0 Å². The first-order valence-corrected chi connectivity index (χ1v) is 9.10. The molecule has 2 saturated heterocycles. The highest BCUT2D eigenvalue weighted by Crippen LogP contribution is 2.40. The van der Waals surface area contributed by atoms with Crippen LogP contribution in [-0.4, -0.2) is 65.6 Å². The molecule has 0 bridgehead atoms. The molecule has 0 atom stereocenters. The Morgan fingerprint density at radius 2 is 2.12 bits per heavy atom. The minimum Gasteiger partial charge on any atom is -0.385 e. The number of likely N-dealkylation sites (tertiary alicyclic amines) is 2. The topological polar surface area (TPSA) is 61.5 Å². The van der Waals surface area contributed by atoms with Gasteiger partial charge in [0.15, 0.2) is 0 Å². The largest absolute Gasteiger partial charge is 0.385 e. The number of piperidine rings is 2. The fourth-order valence-corrected chi connectivity index (χ4v) is 4.06. The highest BCUT2D eigenvalue weighted by atomic mass is 16.5. The SMILES string of the molecule is COCCCN1CC2(CCC1=O)CCN(Cc1ncc(C)[nH]1)CC2. The first-order valence-electron chi connectivity index (χ1n) is 9.10. The summed E-state index contributed by atoms with van der Waals surface area (Å²) in [5, 5.41) is 0. The third-order valence-corrected chi connectivity index (χ3v) is 5.57. The summed E-state index contributed by atoms with van der Waals surface area (Å²) >= 11 is 0. The molecule has 24 heavy (non-hydrogen) atoms. The Kier molecular flexibility index (Phi) is 5.56. The van der Waals surface area contributed by atoms with Gasteiger partial charge in [-0.1, -0.05) is 0 Å². The molecule has 1 aromatic heterocycles. The van der Waals surface area contributed by atoms with Crippen molar-refractivity contribution in [3.63, 3.8) is 0 Å². The van der Waals surface area contributed by atoms with Gasteiger partial charge >= 0.3 is 0 Å². The molecule has 1 amide bonds. The Morgan fingerprint density at radius 3 is 2.79 bits per heavy atom. The molecule has 3 rings (SSSR count). The van der Waals surface area contributed by atoms with E-state index in [9.17, 15) is 4.79 Å². The van der Waals surface area contributed by atoms with Gasteiger partial charge in [0.2, 0.25) is 5.91 Å². The second-order valence-corrected chi connectivity index (χ2v) is 7.45. The van der Waals surface area contributed by atoms with Crippen LogP contribution in [0.5, 0.6) is 0 Å². The lowest BCUT2D eigenvalue weighted by molar-refractivity contribution is -0.139. The van der Waals surface area contributed by atoms with Crippen molar-refractivity contribution >= 4 is 5.91 Å². The van der Waals surface area contributed by atoms with Crippen molar-refractivity contribution in [1.82, 2.24) is 19.8 Å². The van der Waals surface area contributed by atoms with Crippen molar-refractivity contribution in [2.45, 2.75) is 45.6 Å². The zero-order valence-electron chi connectivity index (χ0n) is 15.0. The summed E-state index contributed by atoms with van der Waals surface area (Å²) in [5.74, 6) is 1.38. The van der Waals surface area contributed by atoms with Crippen LogP contribution in [0.4, 0.5) is 0 Å². The van der Waals surface area contributed by atoms with Gasteiger partial charge in [-0.05, 0) is 51.1 Å². The Bertz CT molecular complexity index is 549. The van der Waals surface area contributed by atoms with Crippen molar-refractivity contribution in [1.29, 1.82) is 0 Å². The van der Waals surface area contributed by atoms with Crippen molar-refractivity contribution in [3.8, 4) is 0 Å². The maximum absolute atomic E-state index is 12.2. The van der Waals surface area contributed by atoms with Gasteiger partial charge in [0, 0.05) is 45.1 Å². The van der Waals surface area contributed by atoms with Gasteiger partial charge in [0.05, 0.1) is 6.54 Å². The average Bonchev–Trinajstić information content (AvgIpc) is 2.99. The Labute approximate surface area is 144 Å². The fourth-order valence-electron chi connectivity index (χ4n) is 4.06. The number of amides is 1. The summed E-state index contributed by atoms with van der Waals surface area (Å²) in [5.41, 5.74) is 1.45. The van der Waals surface area contributed by atoms with Crippen molar-refractivity contribution in [3.05, 3.63) is 17.7 Å². The molecule has 1 aromatic rings. The second kappa shape index (κ2) is 7.66. The molecule has 6 heteroatoms. The van der Waals surface area contributed by atoms with Crippen LogP contribution in [-0.2, 0) is 16.1 Å². The summed E-state index contributed by atoms with van der Waals surface area (Å²) < 4.78 is 5.12. The minimum atomic E-state index is 0.324. The van der Waals surface area contributed by atoms with Gasteiger partial charge in [-0.2, -0.15) is 0 Å². The van der Waals surface area contributed by atoms with Gasteiger partial charge in [-0.3, -0.25) is 9.69 Å². The zero-order valence-corrected chi connectivity index (χ0v) is 15.0. The van der Waals surface area contributed by atoms with E-state index in [2.05, 4.69) is 19.8 Å². The molecular weight excluding hydrogens is 304 g/mol. The third-order valence-electron chi connectivity index (χ3n) is 5.57. The van der Waals surface area contributed by atoms with Crippen LogP contribution in [0.1, 0.15) is 43.6 Å². The minimum absolute atomic E-state index is 0.324. The standard InChI is InChI=1S/C18H30N4O2/c1-15-12-19-16(20-15)13-21-9-6-18(7-10-21)5-4-17(23)22(14-18)8-3-11-24-2/h12H,3-11,13-14H2,1-2H3,(H,19,20).